The highest BCUT2D eigenvalue weighted by molar-refractivity contribution is 5.80. The largest absolute Gasteiger partial charge is 0.347 e. The molecule has 110 valence electrons. The average molecular weight is 295 g/mol. The van der Waals surface area contributed by atoms with Gasteiger partial charge in [-0.2, -0.15) is 4.57 Å². The lowest BCUT2D eigenvalue weighted by Gasteiger charge is -2.04. The smallest absolute Gasteiger partial charge is 0.286 e. The van der Waals surface area contributed by atoms with Crippen LogP contribution in [0.5, 0.6) is 0 Å². The summed E-state index contributed by atoms with van der Waals surface area (Å²) in [7, 11) is 0. The molecule has 0 radical (unpaired) electrons. The highest BCUT2D eigenvalue weighted by Gasteiger charge is 2.09. The van der Waals surface area contributed by atoms with Crippen LogP contribution in [0, 0.1) is 5.82 Å². The van der Waals surface area contributed by atoms with Gasteiger partial charge in [-0.15, -0.1) is 0 Å². The molecule has 1 aromatic heterocycles. The molecule has 0 atom stereocenters. The summed E-state index contributed by atoms with van der Waals surface area (Å²) in [5, 5.41) is 5.07. The number of halogens is 1. The van der Waals surface area contributed by atoms with Crippen LogP contribution in [0.15, 0.2) is 67.0 Å². The maximum atomic E-state index is 12.8. The van der Waals surface area contributed by atoms with Crippen molar-refractivity contribution in [2.75, 3.05) is 0 Å². The van der Waals surface area contributed by atoms with Crippen molar-refractivity contribution in [3.8, 4) is 0 Å². The summed E-state index contributed by atoms with van der Waals surface area (Å²) >= 11 is 0. The first-order chi connectivity index (χ1) is 10.7. The highest BCUT2D eigenvalue weighted by atomic mass is 19.1. The Hall–Kier alpha value is -2.75. The fourth-order valence-electron chi connectivity index (χ4n) is 2.30. The van der Waals surface area contributed by atoms with Crippen molar-refractivity contribution in [3.05, 3.63) is 78.4 Å². The third-order valence-electron chi connectivity index (χ3n) is 3.48. The monoisotopic (exact) mass is 295 g/mol. The zero-order valence-corrected chi connectivity index (χ0v) is 12.0. The summed E-state index contributed by atoms with van der Waals surface area (Å²) < 4.78 is 14.7. The molecule has 0 aliphatic carbocycles. The van der Waals surface area contributed by atoms with Gasteiger partial charge in [0.25, 0.3) is 5.91 Å². The molecule has 0 aliphatic heterocycles. The third-order valence-corrected chi connectivity index (χ3v) is 3.48. The summed E-state index contributed by atoms with van der Waals surface area (Å²) in [6, 6.07) is 16.1. The fourth-order valence-corrected chi connectivity index (χ4v) is 2.30. The van der Waals surface area contributed by atoms with Crippen LogP contribution in [0.4, 0.5) is 4.39 Å². The molecule has 4 heteroatoms. The van der Waals surface area contributed by atoms with Crippen LogP contribution in [0.25, 0.3) is 10.8 Å². The van der Waals surface area contributed by atoms with E-state index in [0.717, 1.165) is 16.3 Å². The van der Waals surface area contributed by atoms with Crippen molar-refractivity contribution in [1.29, 1.82) is 0 Å². The van der Waals surface area contributed by atoms with Crippen molar-refractivity contribution < 1.29 is 13.8 Å². The van der Waals surface area contributed by atoms with Gasteiger partial charge in [0.05, 0.1) is 0 Å². The molecule has 3 aromatic rings. The first-order valence-electron chi connectivity index (χ1n) is 7.10. The van der Waals surface area contributed by atoms with Gasteiger partial charge in [-0.1, -0.05) is 30.3 Å². The predicted octanol–water partition coefficient (Wildman–Crippen LogP) is 2.58. The van der Waals surface area contributed by atoms with E-state index in [4.69, 9.17) is 0 Å². The zero-order valence-electron chi connectivity index (χ0n) is 12.0. The SMILES string of the molecule is O=C(C[n+]1ccc2ccccc2c1)NCc1ccc(F)cc1. The molecule has 1 N–H and O–H groups in total. The van der Waals surface area contributed by atoms with E-state index < -0.39 is 0 Å². The summed E-state index contributed by atoms with van der Waals surface area (Å²) in [6.07, 6.45) is 3.84. The molecule has 0 spiro atoms. The van der Waals surface area contributed by atoms with Crippen molar-refractivity contribution in [1.82, 2.24) is 5.32 Å². The molecule has 0 bridgehead atoms. The second-order valence-electron chi connectivity index (χ2n) is 5.15. The molecular formula is C18H16FN2O+. The molecule has 0 saturated carbocycles. The zero-order chi connectivity index (χ0) is 15.4. The van der Waals surface area contributed by atoms with E-state index in [1.54, 1.807) is 12.1 Å². The van der Waals surface area contributed by atoms with Crippen LogP contribution in [0.2, 0.25) is 0 Å². The van der Waals surface area contributed by atoms with E-state index >= 15 is 0 Å². The first-order valence-corrected chi connectivity index (χ1v) is 7.10. The maximum absolute atomic E-state index is 12.8. The lowest BCUT2D eigenvalue weighted by atomic mass is 10.2. The molecule has 0 saturated heterocycles. The minimum absolute atomic E-state index is 0.0791. The van der Waals surface area contributed by atoms with Crippen molar-refractivity contribution in [2.45, 2.75) is 13.1 Å². The van der Waals surface area contributed by atoms with Crippen LogP contribution < -0.4 is 9.88 Å². The Kier molecular flexibility index (Phi) is 4.10. The molecule has 22 heavy (non-hydrogen) atoms. The molecular weight excluding hydrogens is 279 g/mol. The highest BCUT2D eigenvalue weighted by Crippen LogP contribution is 2.09. The number of fused-ring (bicyclic) bond motifs is 1. The molecule has 3 nitrogen and oxygen atoms in total. The Morgan fingerprint density at radius 1 is 1.00 bits per heavy atom. The second kappa shape index (κ2) is 6.35. The number of amides is 1. The van der Waals surface area contributed by atoms with Gasteiger partial charge in [-0.3, -0.25) is 4.79 Å². The summed E-state index contributed by atoms with van der Waals surface area (Å²) in [4.78, 5) is 12.0. The van der Waals surface area contributed by atoms with Gasteiger partial charge in [0.1, 0.15) is 5.82 Å². The third kappa shape index (κ3) is 3.47. The van der Waals surface area contributed by atoms with Crippen molar-refractivity contribution >= 4 is 16.7 Å². The van der Waals surface area contributed by atoms with E-state index in [9.17, 15) is 9.18 Å². The number of hydrogen-bond donors (Lipinski definition) is 1. The second-order valence-corrected chi connectivity index (χ2v) is 5.15. The standard InChI is InChI=1S/C18H15FN2O/c19-17-7-5-14(6-8-17)11-20-18(22)13-21-10-9-15-3-1-2-4-16(15)12-21/h1-10,12H,11,13H2/p+1. The van der Waals surface area contributed by atoms with Crippen LogP contribution in [0.3, 0.4) is 0 Å². The molecule has 0 fully saturated rings. The number of nitrogens with zero attached hydrogens (tertiary/aromatic N) is 1. The van der Waals surface area contributed by atoms with Crippen molar-refractivity contribution in [3.63, 3.8) is 0 Å². The average Bonchev–Trinajstić information content (AvgIpc) is 2.54. The number of nitrogens with one attached hydrogen (secondary N) is 1. The molecule has 3 rings (SSSR count). The lowest BCUT2D eigenvalue weighted by Crippen LogP contribution is -2.42. The summed E-state index contributed by atoms with van der Waals surface area (Å²) in [6.45, 7) is 0.652. The van der Waals surface area contributed by atoms with Crippen molar-refractivity contribution in [2.24, 2.45) is 0 Å². The Morgan fingerprint density at radius 2 is 1.73 bits per heavy atom. The Morgan fingerprint density at radius 3 is 2.50 bits per heavy atom. The maximum Gasteiger partial charge on any atom is 0.286 e. The Bertz CT molecular complexity index is 800. The molecule has 1 heterocycles. The van der Waals surface area contributed by atoms with E-state index in [1.807, 2.05) is 47.3 Å². The molecule has 1 amide bonds. The molecule has 0 aliphatic rings. The van der Waals surface area contributed by atoms with Gasteiger partial charge >= 0.3 is 0 Å². The number of hydrogen-bond acceptors (Lipinski definition) is 1. The minimum atomic E-state index is -0.276. The Labute approximate surface area is 128 Å². The summed E-state index contributed by atoms with van der Waals surface area (Å²) in [5.74, 6) is -0.355. The molecule has 2 aromatic carbocycles. The van der Waals surface area contributed by atoms with Gasteiger partial charge in [0, 0.05) is 18.0 Å². The van der Waals surface area contributed by atoms with Crippen LogP contribution in [0.1, 0.15) is 5.56 Å². The number of carbonyl (C=O) groups is 1. The van der Waals surface area contributed by atoms with Crippen LogP contribution >= 0.6 is 0 Å². The van der Waals surface area contributed by atoms with E-state index in [-0.39, 0.29) is 18.3 Å². The number of benzene rings is 2. The van der Waals surface area contributed by atoms with Gasteiger partial charge in [0.2, 0.25) is 6.54 Å². The number of rotatable bonds is 4. The van der Waals surface area contributed by atoms with E-state index in [2.05, 4.69) is 5.32 Å². The number of pyridine rings is 1. The topological polar surface area (TPSA) is 33.0 Å². The van der Waals surface area contributed by atoms with E-state index in [0.29, 0.717) is 6.54 Å². The Balaban J connectivity index is 1.61. The molecule has 0 unspecified atom stereocenters. The quantitative estimate of drug-likeness (QED) is 0.737. The number of aromatic nitrogens is 1. The van der Waals surface area contributed by atoms with Crippen LogP contribution in [-0.4, -0.2) is 5.91 Å². The predicted molar refractivity (Wildman–Crippen MR) is 82.4 cm³/mol. The number of carbonyl (C=O) groups excluding carboxylic acids is 1. The van der Waals surface area contributed by atoms with Gasteiger partial charge in [0.15, 0.2) is 12.4 Å². The van der Waals surface area contributed by atoms with Gasteiger partial charge in [-0.25, -0.2) is 4.39 Å². The first kappa shape index (κ1) is 14.2. The van der Waals surface area contributed by atoms with Crippen LogP contribution in [-0.2, 0) is 17.9 Å². The lowest BCUT2D eigenvalue weighted by molar-refractivity contribution is -0.683. The summed E-state index contributed by atoms with van der Waals surface area (Å²) in [5.41, 5.74) is 0.873. The van der Waals surface area contributed by atoms with Gasteiger partial charge in [-0.05, 0) is 29.1 Å². The minimum Gasteiger partial charge on any atom is -0.347 e. The fraction of sp³-hybridized carbons (Fsp3) is 0.111. The van der Waals surface area contributed by atoms with E-state index in [1.165, 1.54) is 12.1 Å². The normalized spacial score (nSPS) is 10.6. The van der Waals surface area contributed by atoms with Gasteiger partial charge < -0.3 is 5.32 Å².